The Morgan fingerprint density at radius 1 is 1.10 bits per heavy atom. The van der Waals surface area contributed by atoms with Crippen molar-refractivity contribution in [1.82, 2.24) is 0 Å². The van der Waals surface area contributed by atoms with Crippen LogP contribution in [0.1, 0.15) is 32.1 Å². The second-order valence-corrected chi connectivity index (χ2v) is 4.47. The molecule has 0 amide bonds. The molecule has 2 aliphatic rings. The van der Waals surface area contributed by atoms with E-state index in [2.05, 4.69) is 10.2 Å². The Kier molecular flexibility index (Phi) is 1.85. The second-order valence-electron chi connectivity index (χ2n) is 3.97. The van der Waals surface area contributed by atoms with Crippen molar-refractivity contribution < 1.29 is 0 Å². The van der Waals surface area contributed by atoms with Crippen LogP contribution in [0.4, 0.5) is 0 Å². The van der Waals surface area contributed by atoms with Crippen LogP contribution in [0.5, 0.6) is 0 Å². The lowest BCUT2D eigenvalue weighted by Gasteiger charge is -2.19. The predicted molar refractivity (Wildman–Crippen MR) is 44.1 cm³/mol. The summed E-state index contributed by atoms with van der Waals surface area (Å²) in [6.07, 6.45) is 7.60. The maximum atomic E-state index is 3.56. The molecule has 2 aliphatic carbocycles. The van der Waals surface area contributed by atoms with Gasteiger partial charge in [-0.25, -0.2) is 0 Å². The van der Waals surface area contributed by atoms with Crippen molar-refractivity contribution >= 4 is 10.2 Å². The Labute approximate surface area is 66.8 Å². The Morgan fingerprint density at radius 2 is 2.00 bits per heavy atom. The first-order valence-electron chi connectivity index (χ1n) is 4.54. The van der Waals surface area contributed by atoms with E-state index in [1.54, 1.807) is 19.3 Å². The van der Waals surface area contributed by atoms with Gasteiger partial charge in [0, 0.05) is 10.2 Å². The lowest BCUT2D eigenvalue weighted by Crippen LogP contribution is -2.07. The third kappa shape index (κ3) is 1.29. The summed E-state index contributed by atoms with van der Waals surface area (Å²) in [5, 5.41) is 0. The van der Waals surface area contributed by atoms with Gasteiger partial charge in [0.1, 0.15) is 0 Å². The summed E-state index contributed by atoms with van der Waals surface area (Å²) in [4.78, 5) is 0. The van der Waals surface area contributed by atoms with E-state index in [1.807, 2.05) is 0 Å². The molecule has 0 bridgehead atoms. The van der Waals surface area contributed by atoms with Crippen molar-refractivity contribution in [3.63, 3.8) is 0 Å². The summed E-state index contributed by atoms with van der Waals surface area (Å²) >= 11 is 0. The topological polar surface area (TPSA) is 0 Å². The SMILES string of the molecule is [Si]CCC1CCC2CC2C1. The highest BCUT2D eigenvalue weighted by atomic mass is 28.1. The maximum absolute atomic E-state index is 3.56. The number of rotatable bonds is 2. The Bertz CT molecular complexity index is 122. The molecular formula is C9H15Si. The lowest BCUT2D eigenvalue weighted by atomic mass is 9.87. The molecular weight excluding hydrogens is 136 g/mol. The van der Waals surface area contributed by atoms with Crippen molar-refractivity contribution in [3.8, 4) is 0 Å². The first-order valence-corrected chi connectivity index (χ1v) is 5.25. The van der Waals surface area contributed by atoms with Crippen molar-refractivity contribution in [3.05, 3.63) is 0 Å². The van der Waals surface area contributed by atoms with Crippen LogP contribution in [0.15, 0.2) is 0 Å². The van der Waals surface area contributed by atoms with Gasteiger partial charge in [-0.05, 0) is 37.0 Å². The third-order valence-corrected chi connectivity index (χ3v) is 3.49. The molecule has 0 nitrogen and oxygen atoms in total. The zero-order valence-corrected chi connectivity index (χ0v) is 7.47. The van der Waals surface area contributed by atoms with Crippen molar-refractivity contribution in [2.24, 2.45) is 17.8 Å². The number of hydrogen-bond acceptors (Lipinski definition) is 0. The van der Waals surface area contributed by atoms with E-state index in [-0.39, 0.29) is 0 Å². The molecule has 2 saturated carbocycles. The quantitative estimate of drug-likeness (QED) is 0.532. The van der Waals surface area contributed by atoms with Crippen LogP contribution in [-0.2, 0) is 0 Å². The van der Waals surface area contributed by atoms with Gasteiger partial charge in [0.2, 0.25) is 0 Å². The molecule has 0 N–H and O–H groups in total. The fraction of sp³-hybridized carbons (Fsp3) is 1.00. The van der Waals surface area contributed by atoms with Crippen LogP contribution in [0.2, 0.25) is 6.04 Å². The highest BCUT2D eigenvalue weighted by Crippen LogP contribution is 2.52. The monoisotopic (exact) mass is 151 g/mol. The lowest BCUT2D eigenvalue weighted by molar-refractivity contribution is 0.335. The van der Waals surface area contributed by atoms with E-state index in [4.69, 9.17) is 0 Å². The van der Waals surface area contributed by atoms with Gasteiger partial charge < -0.3 is 0 Å². The molecule has 2 fully saturated rings. The largest absolute Gasteiger partial charge is 0.0635 e. The fourth-order valence-corrected chi connectivity index (χ4v) is 2.82. The highest BCUT2D eigenvalue weighted by molar-refractivity contribution is 6.08. The Hall–Kier alpha value is 0.217. The summed E-state index contributed by atoms with van der Waals surface area (Å²) in [5.74, 6) is 3.41. The summed E-state index contributed by atoms with van der Waals surface area (Å²) < 4.78 is 0. The van der Waals surface area contributed by atoms with E-state index in [9.17, 15) is 0 Å². The number of hydrogen-bond donors (Lipinski definition) is 0. The van der Waals surface area contributed by atoms with Crippen LogP contribution < -0.4 is 0 Å². The average molecular weight is 151 g/mol. The molecule has 0 aromatic rings. The Morgan fingerprint density at radius 3 is 2.70 bits per heavy atom. The van der Waals surface area contributed by atoms with Gasteiger partial charge in [-0.3, -0.25) is 0 Å². The first-order chi connectivity index (χ1) is 4.90. The summed E-state index contributed by atoms with van der Waals surface area (Å²) in [7, 11) is 3.56. The minimum absolute atomic E-state index is 1.07. The highest BCUT2D eigenvalue weighted by Gasteiger charge is 2.41. The fourth-order valence-electron chi connectivity index (χ4n) is 2.41. The molecule has 0 saturated heterocycles. The van der Waals surface area contributed by atoms with E-state index in [0.717, 1.165) is 11.8 Å². The molecule has 2 rings (SSSR count). The first kappa shape index (κ1) is 6.90. The predicted octanol–water partition coefficient (Wildman–Crippen LogP) is 2.40. The van der Waals surface area contributed by atoms with Crippen molar-refractivity contribution in [2.75, 3.05) is 0 Å². The van der Waals surface area contributed by atoms with Gasteiger partial charge >= 0.3 is 0 Å². The van der Waals surface area contributed by atoms with Gasteiger partial charge in [-0.2, -0.15) is 0 Å². The van der Waals surface area contributed by atoms with Gasteiger partial charge in [-0.1, -0.05) is 18.9 Å². The minimum Gasteiger partial charge on any atom is -0.0635 e. The van der Waals surface area contributed by atoms with Crippen LogP contribution in [0.25, 0.3) is 0 Å². The molecule has 3 atom stereocenters. The molecule has 0 aromatic carbocycles. The zero-order valence-electron chi connectivity index (χ0n) is 6.47. The number of fused-ring (bicyclic) bond motifs is 1. The van der Waals surface area contributed by atoms with Crippen LogP contribution >= 0.6 is 0 Å². The van der Waals surface area contributed by atoms with E-state index in [1.165, 1.54) is 24.8 Å². The summed E-state index contributed by atoms with van der Waals surface area (Å²) in [6, 6.07) is 1.21. The Balaban J connectivity index is 1.77. The van der Waals surface area contributed by atoms with E-state index < -0.39 is 0 Å². The second kappa shape index (κ2) is 2.69. The maximum Gasteiger partial charge on any atom is 0.0222 e. The molecule has 0 heterocycles. The molecule has 0 aromatic heterocycles. The zero-order chi connectivity index (χ0) is 6.97. The standard InChI is InChI=1S/C9H15Si/c10-4-3-7-1-2-8-6-9(8)5-7/h7-9H,1-6H2. The molecule has 10 heavy (non-hydrogen) atoms. The van der Waals surface area contributed by atoms with Gasteiger partial charge in [0.15, 0.2) is 0 Å². The van der Waals surface area contributed by atoms with Crippen LogP contribution in [0.3, 0.4) is 0 Å². The van der Waals surface area contributed by atoms with Gasteiger partial charge in [0.05, 0.1) is 0 Å². The molecule has 3 unspecified atom stereocenters. The smallest absolute Gasteiger partial charge is 0.0222 e. The molecule has 1 heteroatoms. The minimum atomic E-state index is 1.07. The van der Waals surface area contributed by atoms with Gasteiger partial charge in [0.25, 0.3) is 0 Å². The summed E-state index contributed by atoms with van der Waals surface area (Å²) in [5.41, 5.74) is 0. The third-order valence-electron chi connectivity index (χ3n) is 3.20. The van der Waals surface area contributed by atoms with E-state index >= 15 is 0 Å². The van der Waals surface area contributed by atoms with Crippen molar-refractivity contribution in [2.45, 2.75) is 38.1 Å². The summed E-state index contributed by atoms with van der Waals surface area (Å²) in [6.45, 7) is 0. The molecule has 0 spiro atoms. The normalized spacial score (nSPS) is 44.7. The van der Waals surface area contributed by atoms with Gasteiger partial charge in [-0.15, -0.1) is 0 Å². The van der Waals surface area contributed by atoms with Crippen LogP contribution in [0, 0.1) is 17.8 Å². The molecule has 3 radical (unpaired) electrons. The van der Waals surface area contributed by atoms with Crippen molar-refractivity contribution in [1.29, 1.82) is 0 Å². The average Bonchev–Trinajstić information content (AvgIpc) is 2.66. The van der Waals surface area contributed by atoms with E-state index in [0.29, 0.717) is 0 Å². The molecule has 55 valence electrons. The molecule has 0 aliphatic heterocycles. The van der Waals surface area contributed by atoms with Crippen LogP contribution in [-0.4, -0.2) is 10.2 Å².